The standard InChI is InChI=1S/C22H31N3O3/c26-20(18-3-1-2-4-18)25-11-9-22(10-12-25,15-16-5-6-16)21-23-19(28-24-21)17-7-13-27-14-8-17/h1-2,16-18H,3-15H2. The summed E-state index contributed by atoms with van der Waals surface area (Å²) in [6.07, 6.45) is 13.7. The molecule has 2 aliphatic carbocycles. The van der Waals surface area contributed by atoms with Gasteiger partial charge in [0, 0.05) is 43.6 Å². The highest BCUT2D eigenvalue weighted by molar-refractivity contribution is 5.79. The van der Waals surface area contributed by atoms with Crippen LogP contribution in [-0.2, 0) is 14.9 Å². The summed E-state index contributed by atoms with van der Waals surface area (Å²) >= 11 is 0. The predicted octanol–water partition coefficient (Wildman–Crippen LogP) is 3.59. The van der Waals surface area contributed by atoms with Gasteiger partial charge in [-0.1, -0.05) is 30.2 Å². The van der Waals surface area contributed by atoms with Crippen LogP contribution in [0.2, 0.25) is 0 Å². The van der Waals surface area contributed by atoms with Crippen LogP contribution in [0, 0.1) is 11.8 Å². The van der Waals surface area contributed by atoms with Gasteiger partial charge in [0.25, 0.3) is 0 Å². The number of nitrogens with zero attached hydrogens (tertiary/aromatic N) is 3. The normalized spacial score (nSPS) is 26.1. The van der Waals surface area contributed by atoms with Gasteiger partial charge in [0.2, 0.25) is 11.8 Å². The Morgan fingerprint density at radius 2 is 1.82 bits per heavy atom. The van der Waals surface area contributed by atoms with E-state index in [0.717, 1.165) is 88.9 Å². The SMILES string of the molecule is O=C(C1CC=CC1)N1CCC(CC2CC2)(c2noc(C3CCOCC3)n2)CC1. The third-order valence-corrected chi connectivity index (χ3v) is 7.25. The molecule has 6 nitrogen and oxygen atoms in total. The number of aromatic nitrogens is 2. The van der Waals surface area contributed by atoms with Crippen molar-refractivity contribution in [2.45, 2.75) is 69.1 Å². The van der Waals surface area contributed by atoms with Crippen molar-refractivity contribution in [1.29, 1.82) is 0 Å². The zero-order valence-corrected chi connectivity index (χ0v) is 16.6. The fourth-order valence-electron chi connectivity index (χ4n) is 5.19. The molecular weight excluding hydrogens is 354 g/mol. The number of piperidine rings is 1. The van der Waals surface area contributed by atoms with E-state index in [2.05, 4.69) is 22.2 Å². The molecule has 0 bridgehead atoms. The Morgan fingerprint density at radius 3 is 2.50 bits per heavy atom. The second kappa shape index (κ2) is 7.62. The number of amides is 1. The number of allylic oxidation sites excluding steroid dienone is 2. The molecule has 0 aromatic carbocycles. The third kappa shape index (κ3) is 3.63. The van der Waals surface area contributed by atoms with Gasteiger partial charge in [-0.3, -0.25) is 4.79 Å². The van der Waals surface area contributed by atoms with Crippen LogP contribution in [0.15, 0.2) is 16.7 Å². The summed E-state index contributed by atoms with van der Waals surface area (Å²) in [7, 11) is 0. The Labute approximate surface area is 166 Å². The number of likely N-dealkylation sites (tertiary alicyclic amines) is 1. The zero-order chi connectivity index (χ0) is 19.0. The maximum Gasteiger partial charge on any atom is 0.229 e. The van der Waals surface area contributed by atoms with E-state index in [-0.39, 0.29) is 11.3 Å². The molecule has 0 atom stereocenters. The van der Waals surface area contributed by atoms with Crippen molar-refractivity contribution in [1.82, 2.24) is 15.0 Å². The summed E-state index contributed by atoms with van der Waals surface area (Å²) in [4.78, 5) is 19.8. The van der Waals surface area contributed by atoms with Crippen LogP contribution in [0.3, 0.4) is 0 Å². The second-order valence-electron chi connectivity index (χ2n) is 9.24. The molecule has 0 spiro atoms. The largest absolute Gasteiger partial charge is 0.381 e. The van der Waals surface area contributed by atoms with Crippen LogP contribution in [0.25, 0.3) is 0 Å². The average molecular weight is 386 g/mol. The van der Waals surface area contributed by atoms with E-state index in [1.807, 2.05) is 0 Å². The molecule has 1 amide bonds. The minimum absolute atomic E-state index is 0.0151. The molecule has 3 heterocycles. The number of carbonyl (C=O) groups is 1. The lowest BCUT2D eigenvalue weighted by molar-refractivity contribution is -0.137. The fraction of sp³-hybridized carbons (Fsp3) is 0.773. The Kier molecular flexibility index (Phi) is 4.99. The maximum absolute atomic E-state index is 12.8. The van der Waals surface area contributed by atoms with E-state index in [4.69, 9.17) is 14.2 Å². The highest BCUT2D eigenvalue weighted by Crippen LogP contribution is 2.47. The van der Waals surface area contributed by atoms with E-state index in [1.54, 1.807) is 0 Å². The first-order valence-corrected chi connectivity index (χ1v) is 11.1. The third-order valence-electron chi connectivity index (χ3n) is 7.25. The summed E-state index contributed by atoms with van der Waals surface area (Å²) < 4.78 is 11.2. The minimum atomic E-state index is -0.0151. The molecule has 1 saturated carbocycles. The van der Waals surface area contributed by atoms with Gasteiger partial charge in [0.05, 0.1) is 0 Å². The van der Waals surface area contributed by atoms with Crippen LogP contribution < -0.4 is 0 Å². The topological polar surface area (TPSA) is 68.5 Å². The number of carbonyl (C=O) groups excluding carboxylic acids is 1. The van der Waals surface area contributed by atoms with Gasteiger partial charge in [-0.2, -0.15) is 4.98 Å². The van der Waals surface area contributed by atoms with E-state index >= 15 is 0 Å². The van der Waals surface area contributed by atoms with Crippen LogP contribution >= 0.6 is 0 Å². The van der Waals surface area contributed by atoms with Crippen LogP contribution in [0.5, 0.6) is 0 Å². The summed E-state index contributed by atoms with van der Waals surface area (Å²) in [5, 5.41) is 4.48. The molecule has 2 saturated heterocycles. The molecule has 6 heteroatoms. The van der Waals surface area contributed by atoms with Crippen LogP contribution in [-0.4, -0.2) is 47.3 Å². The lowest BCUT2D eigenvalue weighted by Crippen LogP contribution is -2.47. The van der Waals surface area contributed by atoms with Crippen molar-refractivity contribution in [2.75, 3.05) is 26.3 Å². The highest BCUT2D eigenvalue weighted by Gasteiger charge is 2.45. The molecule has 0 N–H and O–H groups in total. The molecular formula is C22H31N3O3. The molecule has 1 aromatic heterocycles. The Balaban J connectivity index is 1.30. The quantitative estimate of drug-likeness (QED) is 0.725. The van der Waals surface area contributed by atoms with Gasteiger partial charge in [-0.15, -0.1) is 0 Å². The molecule has 5 rings (SSSR count). The van der Waals surface area contributed by atoms with Crippen LogP contribution in [0.4, 0.5) is 0 Å². The number of rotatable bonds is 5. The highest BCUT2D eigenvalue weighted by atomic mass is 16.5. The van der Waals surface area contributed by atoms with Crippen molar-refractivity contribution in [3.05, 3.63) is 23.9 Å². The Morgan fingerprint density at radius 1 is 1.11 bits per heavy atom. The first-order chi connectivity index (χ1) is 13.7. The summed E-state index contributed by atoms with van der Waals surface area (Å²) in [6, 6.07) is 0. The summed E-state index contributed by atoms with van der Waals surface area (Å²) in [5.41, 5.74) is -0.0151. The molecule has 0 unspecified atom stereocenters. The lowest BCUT2D eigenvalue weighted by atomic mass is 9.73. The number of ether oxygens (including phenoxy) is 1. The first kappa shape index (κ1) is 18.3. The molecule has 28 heavy (non-hydrogen) atoms. The van der Waals surface area contributed by atoms with Gasteiger partial charge in [0.15, 0.2) is 5.82 Å². The van der Waals surface area contributed by atoms with Crippen molar-refractivity contribution in [3.63, 3.8) is 0 Å². The van der Waals surface area contributed by atoms with Crippen LogP contribution in [0.1, 0.15) is 75.4 Å². The van der Waals surface area contributed by atoms with Gasteiger partial charge >= 0.3 is 0 Å². The summed E-state index contributed by atoms with van der Waals surface area (Å²) in [5.74, 6) is 3.33. The van der Waals surface area contributed by atoms with Crippen molar-refractivity contribution in [2.24, 2.45) is 11.8 Å². The number of hydrogen-bond donors (Lipinski definition) is 0. The number of hydrogen-bond acceptors (Lipinski definition) is 5. The minimum Gasteiger partial charge on any atom is -0.381 e. The van der Waals surface area contributed by atoms with Crippen molar-refractivity contribution < 1.29 is 14.1 Å². The van der Waals surface area contributed by atoms with Gasteiger partial charge in [-0.25, -0.2) is 0 Å². The molecule has 152 valence electrons. The molecule has 2 aliphatic heterocycles. The van der Waals surface area contributed by atoms with E-state index < -0.39 is 0 Å². The van der Waals surface area contributed by atoms with Gasteiger partial charge < -0.3 is 14.2 Å². The van der Waals surface area contributed by atoms with E-state index in [9.17, 15) is 4.79 Å². The smallest absolute Gasteiger partial charge is 0.229 e. The van der Waals surface area contributed by atoms with E-state index in [0.29, 0.717) is 11.8 Å². The molecule has 0 radical (unpaired) electrons. The fourth-order valence-corrected chi connectivity index (χ4v) is 5.19. The van der Waals surface area contributed by atoms with E-state index in [1.165, 1.54) is 12.8 Å². The zero-order valence-electron chi connectivity index (χ0n) is 16.6. The lowest BCUT2D eigenvalue weighted by Gasteiger charge is -2.41. The summed E-state index contributed by atoms with van der Waals surface area (Å²) in [6.45, 7) is 3.21. The Bertz CT molecular complexity index is 717. The molecule has 3 fully saturated rings. The van der Waals surface area contributed by atoms with Crippen molar-refractivity contribution >= 4 is 5.91 Å². The van der Waals surface area contributed by atoms with Crippen molar-refractivity contribution in [3.8, 4) is 0 Å². The Hall–Kier alpha value is -1.69. The molecule has 1 aromatic rings. The first-order valence-electron chi connectivity index (χ1n) is 11.1. The monoisotopic (exact) mass is 385 g/mol. The average Bonchev–Trinajstić information content (AvgIpc) is 3.21. The maximum atomic E-state index is 12.8. The van der Waals surface area contributed by atoms with Gasteiger partial charge in [-0.05, 0) is 50.9 Å². The van der Waals surface area contributed by atoms with Gasteiger partial charge in [0.1, 0.15) is 0 Å². The second-order valence-corrected chi connectivity index (χ2v) is 9.24. The molecule has 4 aliphatic rings. The predicted molar refractivity (Wildman–Crippen MR) is 104 cm³/mol.